The Labute approximate surface area is 146 Å². The standard InChI is InChI=1S/C18H14Br2O2/c19-9-17(21)12-3-1-11(2-4-12)13-5-8-16(18(22)10-20)15-7-6-14(13)15/h1-5,8H,6-7,9-10H2. The predicted molar refractivity (Wildman–Crippen MR) is 95.5 cm³/mol. The van der Waals surface area contributed by atoms with Crippen LogP contribution in [0.1, 0.15) is 31.8 Å². The first-order valence-electron chi connectivity index (χ1n) is 7.09. The average Bonchev–Trinajstić information content (AvgIpc) is 2.54. The molecule has 112 valence electrons. The number of carbonyl (C=O) groups is 2. The van der Waals surface area contributed by atoms with Gasteiger partial charge in [-0.15, -0.1) is 0 Å². The van der Waals surface area contributed by atoms with Gasteiger partial charge in [-0.05, 0) is 35.1 Å². The molecule has 0 aliphatic heterocycles. The molecule has 2 nitrogen and oxygen atoms in total. The fourth-order valence-electron chi connectivity index (χ4n) is 2.85. The Morgan fingerprint density at radius 1 is 0.818 bits per heavy atom. The van der Waals surface area contributed by atoms with Gasteiger partial charge in [0.15, 0.2) is 11.6 Å². The largest absolute Gasteiger partial charge is 0.293 e. The van der Waals surface area contributed by atoms with Crippen molar-refractivity contribution in [1.82, 2.24) is 0 Å². The molecule has 0 N–H and O–H groups in total. The topological polar surface area (TPSA) is 34.1 Å². The highest BCUT2D eigenvalue weighted by atomic mass is 79.9. The van der Waals surface area contributed by atoms with Gasteiger partial charge in [0.1, 0.15) is 0 Å². The second-order valence-electron chi connectivity index (χ2n) is 5.31. The lowest BCUT2D eigenvalue weighted by molar-refractivity contribution is 0.101. The molecule has 0 atom stereocenters. The third-order valence-electron chi connectivity index (χ3n) is 4.12. The van der Waals surface area contributed by atoms with Crippen LogP contribution < -0.4 is 0 Å². The normalized spacial score (nSPS) is 12.5. The van der Waals surface area contributed by atoms with Gasteiger partial charge in [0, 0.05) is 11.1 Å². The van der Waals surface area contributed by atoms with E-state index in [9.17, 15) is 9.59 Å². The van der Waals surface area contributed by atoms with Crippen LogP contribution in [0.4, 0.5) is 0 Å². The maximum absolute atomic E-state index is 11.9. The molecule has 0 unspecified atom stereocenters. The molecule has 0 aromatic heterocycles. The Bertz CT molecular complexity index is 748. The Balaban J connectivity index is 1.98. The number of benzene rings is 2. The van der Waals surface area contributed by atoms with Gasteiger partial charge in [-0.2, -0.15) is 0 Å². The van der Waals surface area contributed by atoms with Crippen molar-refractivity contribution in [1.29, 1.82) is 0 Å². The van der Waals surface area contributed by atoms with Gasteiger partial charge in [-0.3, -0.25) is 9.59 Å². The van der Waals surface area contributed by atoms with Gasteiger partial charge in [0.2, 0.25) is 0 Å². The number of fused-ring (bicyclic) bond motifs is 1. The summed E-state index contributed by atoms with van der Waals surface area (Å²) in [6.45, 7) is 0. The Morgan fingerprint density at radius 3 is 2.00 bits per heavy atom. The highest BCUT2D eigenvalue weighted by Gasteiger charge is 2.24. The van der Waals surface area contributed by atoms with Crippen LogP contribution in [0.2, 0.25) is 0 Å². The Hall–Kier alpha value is -1.26. The first-order valence-corrected chi connectivity index (χ1v) is 9.33. The first kappa shape index (κ1) is 15.6. The SMILES string of the molecule is O=C(CBr)c1ccc(-c2ccc(C(=O)CBr)c3c2CC3)cc1. The number of rotatable bonds is 5. The van der Waals surface area contributed by atoms with E-state index in [-0.39, 0.29) is 11.6 Å². The number of halogens is 2. The average molecular weight is 422 g/mol. The van der Waals surface area contributed by atoms with E-state index in [1.54, 1.807) is 0 Å². The summed E-state index contributed by atoms with van der Waals surface area (Å²) in [6, 6.07) is 11.6. The predicted octanol–water partition coefficient (Wildman–Crippen LogP) is 4.61. The lowest BCUT2D eigenvalue weighted by atomic mass is 9.78. The van der Waals surface area contributed by atoms with Crippen molar-refractivity contribution in [2.45, 2.75) is 12.8 Å². The first-order chi connectivity index (χ1) is 10.7. The van der Waals surface area contributed by atoms with Crippen molar-refractivity contribution in [2.75, 3.05) is 10.7 Å². The van der Waals surface area contributed by atoms with E-state index in [0.29, 0.717) is 16.2 Å². The van der Waals surface area contributed by atoms with Crippen LogP contribution >= 0.6 is 31.9 Å². The number of ketones is 2. The number of Topliss-reactive ketones (excluding diaryl/α,β-unsaturated/α-hetero) is 2. The zero-order valence-corrected chi connectivity index (χ0v) is 15.0. The summed E-state index contributed by atoms with van der Waals surface area (Å²) in [6.07, 6.45) is 1.98. The molecule has 0 amide bonds. The summed E-state index contributed by atoms with van der Waals surface area (Å²) >= 11 is 6.43. The van der Waals surface area contributed by atoms with Crippen molar-refractivity contribution in [3.05, 3.63) is 58.7 Å². The quantitative estimate of drug-likeness (QED) is 0.521. The molecule has 4 heteroatoms. The monoisotopic (exact) mass is 420 g/mol. The smallest absolute Gasteiger partial charge is 0.173 e. The maximum Gasteiger partial charge on any atom is 0.173 e. The molecule has 0 bridgehead atoms. The van der Waals surface area contributed by atoms with Crippen molar-refractivity contribution in [3.8, 4) is 11.1 Å². The van der Waals surface area contributed by atoms with E-state index in [0.717, 1.165) is 24.0 Å². The molecule has 3 rings (SSSR count). The lowest BCUT2D eigenvalue weighted by Gasteiger charge is -2.25. The molecule has 0 spiro atoms. The Morgan fingerprint density at radius 2 is 1.45 bits per heavy atom. The molecule has 0 saturated heterocycles. The third-order valence-corrected chi connectivity index (χ3v) is 5.14. The van der Waals surface area contributed by atoms with E-state index in [1.807, 2.05) is 36.4 Å². The van der Waals surface area contributed by atoms with E-state index >= 15 is 0 Å². The van der Waals surface area contributed by atoms with E-state index in [1.165, 1.54) is 16.7 Å². The molecule has 2 aromatic carbocycles. The summed E-state index contributed by atoms with van der Waals surface area (Å²) in [5, 5.41) is 0.702. The molecular formula is C18H14Br2O2. The van der Waals surface area contributed by atoms with Crippen molar-refractivity contribution >= 4 is 43.4 Å². The zero-order valence-electron chi connectivity index (χ0n) is 11.9. The molecule has 22 heavy (non-hydrogen) atoms. The fourth-order valence-corrected chi connectivity index (χ4v) is 3.48. The van der Waals surface area contributed by atoms with Crippen LogP contribution in [0.15, 0.2) is 36.4 Å². The number of hydrogen-bond donors (Lipinski definition) is 0. The van der Waals surface area contributed by atoms with Gasteiger partial charge >= 0.3 is 0 Å². The maximum atomic E-state index is 11.9. The van der Waals surface area contributed by atoms with Crippen LogP contribution in [-0.2, 0) is 12.8 Å². The summed E-state index contributed by atoms with van der Waals surface area (Å²) < 4.78 is 0. The highest BCUT2D eigenvalue weighted by Crippen LogP contribution is 2.36. The summed E-state index contributed by atoms with van der Waals surface area (Å²) in [4.78, 5) is 23.6. The van der Waals surface area contributed by atoms with Crippen molar-refractivity contribution < 1.29 is 9.59 Å². The van der Waals surface area contributed by atoms with Crippen LogP contribution in [0, 0.1) is 0 Å². The van der Waals surface area contributed by atoms with Gasteiger partial charge in [-0.25, -0.2) is 0 Å². The van der Waals surface area contributed by atoms with E-state index in [4.69, 9.17) is 0 Å². The zero-order chi connectivity index (χ0) is 15.7. The minimum absolute atomic E-state index is 0.0813. The minimum atomic E-state index is 0.0813. The van der Waals surface area contributed by atoms with Gasteiger partial charge in [0.25, 0.3) is 0 Å². The van der Waals surface area contributed by atoms with Crippen LogP contribution in [0.3, 0.4) is 0 Å². The van der Waals surface area contributed by atoms with Gasteiger partial charge in [0.05, 0.1) is 10.7 Å². The molecule has 0 saturated carbocycles. The summed E-state index contributed by atoms with van der Waals surface area (Å²) in [5.41, 5.74) is 6.28. The second-order valence-corrected chi connectivity index (χ2v) is 6.43. The second kappa shape index (κ2) is 6.47. The van der Waals surface area contributed by atoms with Crippen LogP contribution in [0.5, 0.6) is 0 Å². The molecule has 0 heterocycles. The fraction of sp³-hybridized carbons (Fsp3) is 0.222. The molecule has 1 aliphatic carbocycles. The third kappa shape index (κ3) is 2.70. The van der Waals surface area contributed by atoms with E-state index < -0.39 is 0 Å². The van der Waals surface area contributed by atoms with Gasteiger partial charge in [-0.1, -0.05) is 68.3 Å². The van der Waals surface area contributed by atoms with Crippen molar-refractivity contribution in [2.24, 2.45) is 0 Å². The number of alkyl halides is 2. The molecule has 2 aromatic rings. The van der Waals surface area contributed by atoms with Crippen LogP contribution in [0.25, 0.3) is 11.1 Å². The summed E-state index contributed by atoms with van der Waals surface area (Å²) in [5.74, 6) is 0.221. The van der Waals surface area contributed by atoms with E-state index in [2.05, 4.69) is 31.9 Å². The number of carbonyl (C=O) groups excluding carboxylic acids is 2. The molecule has 0 radical (unpaired) electrons. The number of hydrogen-bond acceptors (Lipinski definition) is 2. The molecule has 1 aliphatic rings. The Kier molecular flexibility index (Phi) is 4.59. The lowest BCUT2D eigenvalue weighted by Crippen LogP contribution is -2.17. The molecule has 0 fully saturated rings. The van der Waals surface area contributed by atoms with Crippen molar-refractivity contribution in [3.63, 3.8) is 0 Å². The van der Waals surface area contributed by atoms with Crippen LogP contribution in [-0.4, -0.2) is 22.2 Å². The summed E-state index contributed by atoms with van der Waals surface area (Å²) in [7, 11) is 0. The minimum Gasteiger partial charge on any atom is -0.293 e. The van der Waals surface area contributed by atoms with Gasteiger partial charge < -0.3 is 0 Å². The highest BCUT2D eigenvalue weighted by molar-refractivity contribution is 9.09. The molecular weight excluding hydrogens is 408 g/mol.